The predicted molar refractivity (Wildman–Crippen MR) is 27.1 cm³/mol. The van der Waals surface area contributed by atoms with Crippen molar-refractivity contribution in [3.8, 4) is 0 Å². The van der Waals surface area contributed by atoms with Gasteiger partial charge >= 0.3 is 0 Å². The molecular formula is C2H5ClO3SZn. The Balaban J connectivity index is 0. The maximum absolute atomic E-state index is 9.70. The van der Waals surface area contributed by atoms with E-state index in [9.17, 15) is 8.42 Å². The average molecular weight is 210 g/mol. The molecule has 46 valence electrons. The van der Waals surface area contributed by atoms with Crippen molar-refractivity contribution in [2.75, 3.05) is 11.6 Å². The largest absolute Gasteiger partial charge is 0.286 e. The molecule has 0 aliphatic rings. The SMILES string of the molecule is O=S(=O)(O)CCCl.[Zn]. The number of hydrogen-bond donors (Lipinski definition) is 1. The van der Waals surface area contributed by atoms with Crippen LogP contribution in [0.25, 0.3) is 0 Å². The van der Waals surface area contributed by atoms with Gasteiger partial charge in [0.15, 0.2) is 0 Å². The zero-order valence-electron chi connectivity index (χ0n) is 4.17. The summed E-state index contributed by atoms with van der Waals surface area (Å²) in [6, 6.07) is 0. The maximum Gasteiger partial charge on any atom is 0.266 e. The van der Waals surface area contributed by atoms with Crippen LogP contribution < -0.4 is 0 Å². The molecule has 0 fully saturated rings. The third-order valence-corrected chi connectivity index (χ3v) is 1.47. The molecule has 0 radical (unpaired) electrons. The summed E-state index contributed by atoms with van der Waals surface area (Å²) in [7, 11) is -3.81. The molecule has 1 N–H and O–H groups in total. The van der Waals surface area contributed by atoms with E-state index in [1.54, 1.807) is 0 Å². The fourth-order valence-corrected chi connectivity index (χ4v) is 0.877. The minimum absolute atomic E-state index is 0. The van der Waals surface area contributed by atoms with Crippen LogP contribution in [0.1, 0.15) is 0 Å². The van der Waals surface area contributed by atoms with Crippen LogP contribution in [0.3, 0.4) is 0 Å². The molecule has 0 rings (SSSR count). The van der Waals surface area contributed by atoms with Crippen LogP contribution in [0, 0.1) is 0 Å². The standard InChI is InChI=1S/C2H5ClO3S.Zn/c3-1-2-7(4,5)6;/h1-2H2,(H,4,5,6);. The van der Waals surface area contributed by atoms with Gasteiger partial charge in [0.1, 0.15) is 0 Å². The summed E-state index contributed by atoms with van der Waals surface area (Å²) in [5.41, 5.74) is 0. The molecule has 6 heteroatoms. The van der Waals surface area contributed by atoms with E-state index in [0.717, 1.165) is 0 Å². The molecule has 0 amide bonds. The molecule has 0 unspecified atom stereocenters. The van der Waals surface area contributed by atoms with Crippen LogP contribution in [-0.4, -0.2) is 24.6 Å². The van der Waals surface area contributed by atoms with Gasteiger partial charge in [-0.25, -0.2) is 0 Å². The van der Waals surface area contributed by atoms with Crippen molar-refractivity contribution < 1.29 is 32.4 Å². The van der Waals surface area contributed by atoms with Crippen molar-refractivity contribution in [3.63, 3.8) is 0 Å². The Morgan fingerprint density at radius 2 is 1.88 bits per heavy atom. The second kappa shape index (κ2) is 4.68. The first-order valence-corrected chi connectivity index (χ1v) is 3.72. The molecule has 8 heavy (non-hydrogen) atoms. The Bertz CT molecular complexity index is 130. The Morgan fingerprint density at radius 1 is 1.50 bits per heavy atom. The zero-order chi connectivity index (χ0) is 5.91. The van der Waals surface area contributed by atoms with Crippen LogP contribution in [0.4, 0.5) is 0 Å². The van der Waals surface area contributed by atoms with Gasteiger partial charge in [-0.2, -0.15) is 8.42 Å². The van der Waals surface area contributed by atoms with E-state index in [1.807, 2.05) is 0 Å². The van der Waals surface area contributed by atoms with Crippen molar-refractivity contribution in [1.82, 2.24) is 0 Å². The summed E-state index contributed by atoms with van der Waals surface area (Å²) in [6.45, 7) is 0. The minimum atomic E-state index is -3.81. The molecule has 0 aromatic carbocycles. The summed E-state index contributed by atoms with van der Waals surface area (Å²) in [5, 5.41) is 0. The molecule has 0 aromatic rings. The molecular weight excluding hydrogens is 205 g/mol. The van der Waals surface area contributed by atoms with E-state index >= 15 is 0 Å². The van der Waals surface area contributed by atoms with E-state index in [4.69, 9.17) is 16.2 Å². The quantitative estimate of drug-likeness (QED) is 0.399. The second-order valence-corrected chi connectivity index (χ2v) is 2.93. The van der Waals surface area contributed by atoms with Gasteiger partial charge in [-0.15, -0.1) is 11.6 Å². The monoisotopic (exact) mass is 208 g/mol. The number of rotatable bonds is 2. The molecule has 0 aromatic heterocycles. The summed E-state index contributed by atoms with van der Waals surface area (Å²) < 4.78 is 27.3. The molecule has 0 saturated carbocycles. The van der Waals surface area contributed by atoms with Crippen molar-refractivity contribution in [2.24, 2.45) is 0 Å². The van der Waals surface area contributed by atoms with Crippen LogP contribution in [0.15, 0.2) is 0 Å². The first kappa shape index (κ1) is 11.6. The van der Waals surface area contributed by atoms with Gasteiger partial charge in [-0.05, 0) is 0 Å². The Morgan fingerprint density at radius 3 is 1.88 bits per heavy atom. The molecule has 0 aliphatic carbocycles. The Kier molecular flexibility index (Phi) is 6.78. The molecule has 3 nitrogen and oxygen atoms in total. The Hall–Kier alpha value is 0.823. The van der Waals surface area contributed by atoms with Crippen LogP contribution in [0.5, 0.6) is 0 Å². The van der Waals surface area contributed by atoms with Crippen molar-refractivity contribution >= 4 is 21.7 Å². The summed E-state index contributed by atoms with van der Waals surface area (Å²) in [5.74, 6) is -0.423. The van der Waals surface area contributed by atoms with Crippen LogP contribution in [0.2, 0.25) is 0 Å². The zero-order valence-corrected chi connectivity index (χ0v) is 8.71. The van der Waals surface area contributed by atoms with Gasteiger partial charge < -0.3 is 0 Å². The van der Waals surface area contributed by atoms with Crippen molar-refractivity contribution in [3.05, 3.63) is 0 Å². The number of hydrogen-bond acceptors (Lipinski definition) is 2. The third kappa shape index (κ3) is 9.95. The fourth-order valence-electron chi connectivity index (χ4n) is 0.0975. The first-order chi connectivity index (χ1) is 3.06. The topological polar surface area (TPSA) is 54.4 Å². The molecule has 0 spiro atoms. The third-order valence-electron chi connectivity index (χ3n) is 0.335. The maximum atomic E-state index is 9.70. The second-order valence-electron chi connectivity index (χ2n) is 0.975. The molecule has 0 bridgehead atoms. The summed E-state index contributed by atoms with van der Waals surface area (Å²) in [6.07, 6.45) is 0. The van der Waals surface area contributed by atoms with Gasteiger partial charge in [0.2, 0.25) is 0 Å². The number of alkyl halides is 1. The van der Waals surface area contributed by atoms with Crippen LogP contribution in [-0.2, 0) is 29.6 Å². The predicted octanol–water partition coefficient (Wildman–Crippen LogP) is 0.111. The molecule has 0 saturated heterocycles. The minimum Gasteiger partial charge on any atom is -0.286 e. The van der Waals surface area contributed by atoms with E-state index in [2.05, 4.69) is 0 Å². The van der Waals surface area contributed by atoms with Gasteiger partial charge in [0, 0.05) is 25.4 Å². The first-order valence-electron chi connectivity index (χ1n) is 1.57. The number of halogens is 1. The molecule has 0 heterocycles. The van der Waals surface area contributed by atoms with Crippen LogP contribution >= 0.6 is 11.6 Å². The fraction of sp³-hybridized carbons (Fsp3) is 1.00. The van der Waals surface area contributed by atoms with Crippen molar-refractivity contribution in [1.29, 1.82) is 0 Å². The summed E-state index contributed by atoms with van der Waals surface area (Å²) in [4.78, 5) is 0. The smallest absolute Gasteiger partial charge is 0.266 e. The van der Waals surface area contributed by atoms with Gasteiger partial charge in [-0.3, -0.25) is 4.55 Å². The summed E-state index contributed by atoms with van der Waals surface area (Å²) >= 11 is 4.95. The van der Waals surface area contributed by atoms with Gasteiger partial charge in [0.05, 0.1) is 5.75 Å². The van der Waals surface area contributed by atoms with Gasteiger partial charge in [-0.1, -0.05) is 0 Å². The average Bonchev–Trinajstić information content (AvgIpc) is 1.30. The molecule has 0 atom stereocenters. The van der Waals surface area contributed by atoms with Gasteiger partial charge in [0.25, 0.3) is 10.1 Å². The van der Waals surface area contributed by atoms with E-state index in [0.29, 0.717) is 0 Å². The normalized spacial score (nSPS) is 10.2. The van der Waals surface area contributed by atoms with Crippen molar-refractivity contribution in [2.45, 2.75) is 0 Å². The van der Waals surface area contributed by atoms with E-state index in [-0.39, 0.29) is 31.1 Å². The Labute approximate surface area is 65.9 Å². The van der Waals surface area contributed by atoms with E-state index < -0.39 is 10.1 Å². The van der Waals surface area contributed by atoms with E-state index in [1.165, 1.54) is 0 Å². The molecule has 0 aliphatic heterocycles.